The number of fused-ring (bicyclic) bond motifs is 1. The highest BCUT2D eigenvalue weighted by atomic mass is 16.5. The summed E-state index contributed by atoms with van der Waals surface area (Å²) in [6.45, 7) is 0. The van der Waals surface area contributed by atoms with Gasteiger partial charge in [-0.1, -0.05) is 0 Å². The Balaban J connectivity index is 2.07. The number of methoxy groups -OCH3 is 1. The van der Waals surface area contributed by atoms with Crippen LogP contribution in [-0.4, -0.2) is 34.3 Å². The van der Waals surface area contributed by atoms with Crippen LogP contribution in [0.5, 0.6) is 5.75 Å². The van der Waals surface area contributed by atoms with Crippen molar-refractivity contribution in [1.82, 2.24) is 20.2 Å². The predicted molar refractivity (Wildman–Crippen MR) is 80.6 cm³/mol. The molecule has 4 N–H and O–H groups in total. The quantitative estimate of drug-likeness (QED) is 0.491. The van der Waals surface area contributed by atoms with Gasteiger partial charge in [0.15, 0.2) is 5.65 Å². The van der Waals surface area contributed by atoms with Gasteiger partial charge in [0, 0.05) is 12.7 Å². The molecule has 0 saturated heterocycles. The van der Waals surface area contributed by atoms with Gasteiger partial charge in [-0.15, -0.1) is 0 Å². The minimum Gasteiger partial charge on any atom is -0.497 e. The van der Waals surface area contributed by atoms with E-state index in [-0.39, 0.29) is 0 Å². The van der Waals surface area contributed by atoms with Gasteiger partial charge in [0.05, 0.1) is 18.7 Å². The van der Waals surface area contributed by atoms with Crippen molar-refractivity contribution in [2.45, 2.75) is 0 Å². The first-order chi connectivity index (χ1) is 10.2. The molecule has 0 bridgehead atoms. The van der Waals surface area contributed by atoms with E-state index in [2.05, 4.69) is 25.6 Å². The van der Waals surface area contributed by atoms with Crippen LogP contribution in [0.1, 0.15) is 0 Å². The van der Waals surface area contributed by atoms with Crippen molar-refractivity contribution >= 4 is 28.5 Å². The molecule has 2 heterocycles. The molecule has 0 aliphatic heterocycles. The van der Waals surface area contributed by atoms with E-state index in [0.29, 0.717) is 17.4 Å². The Morgan fingerprint density at radius 1 is 1.24 bits per heavy atom. The second-order valence-electron chi connectivity index (χ2n) is 4.40. The molecule has 2 aromatic heterocycles. The van der Waals surface area contributed by atoms with E-state index in [1.54, 1.807) is 13.3 Å². The molecule has 0 spiro atoms. The first-order valence-corrected chi connectivity index (χ1v) is 6.28. The summed E-state index contributed by atoms with van der Waals surface area (Å²) in [5.74, 6) is 7.23. The molecule has 3 rings (SSSR count). The monoisotopic (exact) mass is 285 g/mol. The van der Waals surface area contributed by atoms with Gasteiger partial charge in [-0.05, 0) is 24.3 Å². The highest BCUT2D eigenvalue weighted by molar-refractivity contribution is 5.89. The molecule has 0 fully saturated rings. The number of nitrogens with zero attached hydrogens (tertiary/aromatic N) is 4. The molecule has 108 valence electrons. The Morgan fingerprint density at radius 2 is 2.00 bits per heavy atom. The number of hydrogen-bond acceptors (Lipinski definition) is 7. The fourth-order valence-electron chi connectivity index (χ4n) is 2.07. The number of H-pyrrole nitrogens is 1. The van der Waals surface area contributed by atoms with E-state index in [9.17, 15) is 0 Å². The molecular weight excluding hydrogens is 270 g/mol. The van der Waals surface area contributed by atoms with Crippen LogP contribution in [0.2, 0.25) is 0 Å². The molecule has 8 nitrogen and oxygen atoms in total. The van der Waals surface area contributed by atoms with Gasteiger partial charge < -0.3 is 9.64 Å². The number of hydrazine groups is 1. The van der Waals surface area contributed by atoms with E-state index in [0.717, 1.165) is 16.8 Å². The normalized spacial score (nSPS) is 10.6. The van der Waals surface area contributed by atoms with E-state index in [1.807, 2.05) is 36.2 Å². The van der Waals surface area contributed by atoms with Crippen molar-refractivity contribution in [3.63, 3.8) is 0 Å². The van der Waals surface area contributed by atoms with Crippen LogP contribution in [-0.2, 0) is 0 Å². The zero-order valence-electron chi connectivity index (χ0n) is 11.7. The number of nitrogen functional groups attached to an aromatic ring is 1. The van der Waals surface area contributed by atoms with Crippen LogP contribution in [0.4, 0.5) is 17.5 Å². The Kier molecular flexibility index (Phi) is 3.28. The Bertz CT molecular complexity index is 753. The molecule has 0 saturated carbocycles. The fourth-order valence-corrected chi connectivity index (χ4v) is 2.07. The van der Waals surface area contributed by atoms with Gasteiger partial charge in [-0.3, -0.25) is 10.5 Å². The smallest absolute Gasteiger partial charge is 0.241 e. The van der Waals surface area contributed by atoms with Crippen molar-refractivity contribution in [2.24, 2.45) is 5.84 Å². The van der Waals surface area contributed by atoms with Gasteiger partial charge in [-0.2, -0.15) is 15.1 Å². The van der Waals surface area contributed by atoms with Gasteiger partial charge >= 0.3 is 0 Å². The van der Waals surface area contributed by atoms with E-state index in [1.165, 1.54) is 0 Å². The Labute approximate surface area is 120 Å². The van der Waals surface area contributed by atoms with Crippen molar-refractivity contribution in [3.05, 3.63) is 30.5 Å². The fraction of sp³-hybridized carbons (Fsp3) is 0.154. The number of aromatic amines is 1. The molecule has 0 aliphatic rings. The van der Waals surface area contributed by atoms with Crippen LogP contribution >= 0.6 is 0 Å². The SMILES string of the molecule is COc1ccc(N(C)c2nc(NN)nc3[nH]ncc23)cc1. The molecule has 0 aliphatic carbocycles. The van der Waals surface area contributed by atoms with Crippen molar-refractivity contribution in [1.29, 1.82) is 0 Å². The highest BCUT2D eigenvalue weighted by Crippen LogP contribution is 2.29. The maximum Gasteiger partial charge on any atom is 0.241 e. The minimum atomic E-state index is 0.321. The summed E-state index contributed by atoms with van der Waals surface area (Å²) in [5, 5.41) is 7.63. The standard InChI is InChI=1S/C13H15N7O/c1-20(8-3-5-9(21-2)6-4-8)12-10-7-15-19-11(10)16-13(17-12)18-14/h3-7H,14H2,1-2H3,(H2,15,16,17,18,19). The second-order valence-corrected chi connectivity index (χ2v) is 4.40. The number of benzene rings is 1. The summed E-state index contributed by atoms with van der Waals surface area (Å²) in [6, 6.07) is 7.67. The lowest BCUT2D eigenvalue weighted by Gasteiger charge is -2.19. The summed E-state index contributed by atoms with van der Waals surface area (Å²) in [5.41, 5.74) is 4.03. The van der Waals surface area contributed by atoms with Crippen LogP contribution in [0.15, 0.2) is 30.5 Å². The van der Waals surface area contributed by atoms with E-state index in [4.69, 9.17) is 10.6 Å². The minimum absolute atomic E-state index is 0.321. The van der Waals surface area contributed by atoms with Gasteiger partial charge in [0.25, 0.3) is 0 Å². The number of rotatable bonds is 4. The molecule has 0 unspecified atom stereocenters. The Morgan fingerprint density at radius 3 is 2.67 bits per heavy atom. The average Bonchev–Trinajstić information content (AvgIpc) is 3.01. The lowest BCUT2D eigenvalue weighted by Crippen LogP contribution is -2.16. The summed E-state index contributed by atoms with van der Waals surface area (Å²) >= 11 is 0. The lowest BCUT2D eigenvalue weighted by molar-refractivity contribution is 0.415. The first-order valence-electron chi connectivity index (χ1n) is 6.28. The third kappa shape index (κ3) is 2.32. The molecular formula is C13H15N7O. The molecule has 21 heavy (non-hydrogen) atoms. The van der Waals surface area contributed by atoms with Crippen LogP contribution in [0.25, 0.3) is 11.0 Å². The van der Waals surface area contributed by atoms with Crippen LogP contribution in [0, 0.1) is 0 Å². The first kappa shape index (κ1) is 13.1. The van der Waals surface area contributed by atoms with E-state index < -0.39 is 0 Å². The summed E-state index contributed by atoms with van der Waals surface area (Å²) < 4.78 is 5.16. The predicted octanol–water partition coefficient (Wildman–Crippen LogP) is 1.41. The zero-order chi connectivity index (χ0) is 14.8. The van der Waals surface area contributed by atoms with Gasteiger partial charge in [0.1, 0.15) is 11.6 Å². The molecule has 3 aromatic rings. The Hall–Kier alpha value is -2.87. The molecule has 1 aromatic carbocycles. The van der Waals surface area contributed by atoms with Gasteiger partial charge in [-0.25, -0.2) is 5.84 Å². The van der Waals surface area contributed by atoms with Crippen molar-refractivity contribution < 1.29 is 4.74 Å². The summed E-state index contributed by atoms with van der Waals surface area (Å²) in [4.78, 5) is 10.5. The van der Waals surface area contributed by atoms with Crippen LogP contribution in [0.3, 0.4) is 0 Å². The number of ether oxygens (including phenoxy) is 1. The zero-order valence-corrected chi connectivity index (χ0v) is 11.7. The molecule has 0 amide bonds. The van der Waals surface area contributed by atoms with Crippen molar-refractivity contribution in [2.75, 3.05) is 24.5 Å². The van der Waals surface area contributed by atoms with E-state index >= 15 is 0 Å². The number of nitrogens with two attached hydrogens (primary N) is 1. The average molecular weight is 285 g/mol. The molecule has 0 atom stereocenters. The third-order valence-corrected chi connectivity index (χ3v) is 3.20. The lowest BCUT2D eigenvalue weighted by atomic mass is 10.2. The molecule has 8 heteroatoms. The maximum atomic E-state index is 5.41. The number of hydrogen-bond donors (Lipinski definition) is 3. The largest absolute Gasteiger partial charge is 0.497 e. The van der Waals surface area contributed by atoms with Crippen molar-refractivity contribution in [3.8, 4) is 5.75 Å². The van der Waals surface area contributed by atoms with Crippen LogP contribution < -0.4 is 20.9 Å². The topological polar surface area (TPSA) is 105 Å². The third-order valence-electron chi connectivity index (χ3n) is 3.20. The van der Waals surface area contributed by atoms with Gasteiger partial charge in [0.2, 0.25) is 5.95 Å². The number of aromatic nitrogens is 4. The second kappa shape index (κ2) is 5.25. The summed E-state index contributed by atoms with van der Waals surface area (Å²) in [7, 11) is 3.55. The number of nitrogens with one attached hydrogen (secondary N) is 2. The molecule has 0 radical (unpaired) electrons. The maximum absolute atomic E-state index is 5.41. The highest BCUT2D eigenvalue weighted by Gasteiger charge is 2.14. The summed E-state index contributed by atoms with van der Waals surface area (Å²) in [6.07, 6.45) is 1.69. The number of anilines is 3.